The van der Waals surface area contributed by atoms with Crippen LogP contribution in [0.5, 0.6) is 0 Å². The third kappa shape index (κ3) is 2.89. The highest BCUT2D eigenvalue weighted by molar-refractivity contribution is 5.83. The van der Waals surface area contributed by atoms with Crippen LogP contribution in [0.4, 0.5) is 17.6 Å². The summed E-state index contributed by atoms with van der Waals surface area (Å²) >= 11 is 0. The van der Waals surface area contributed by atoms with Crippen LogP contribution < -0.4 is 0 Å². The predicted molar refractivity (Wildman–Crippen MR) is 106 cm³/mol. The Bertz CT molecular complexity index is 1400. The fourth-order valence-electron chi connectivity index (χ4n) is 3.75. The number of aromatic amines is 1. The molecule has 1 unspecified atom stereocenters. The van der Waals surface area contributed by atoms with E-state index in [1.165, 1.54) is 59.5 Å². The second-order valence-electron chi connectivity index (χ2n) is 7.12. The van der Waals surface area contributed by atoms with Crippen LogP contribution in [-0.2, 0) is 5.60 Å². The van der Waals surface area contributed by atoms with Crippen molar-refractivity contribution in [3.05, 3.63) is 90.1 Å². The highest BCUT2D eigenvalue weighted by atomic mass is 19.4. The Kier molecular flexibility index (Phi) is 4.13. The van der Waals surface area contributed by atoms with Crippen LogP contribution in [0.2, 0.25) is 0 Å². The fourth-order valence-corrected chi connectivity index (χ4v) is 3.75. The second-order valence-corrected chi connectivity index (χ2v) is 7.12. The molecule has 5 aromatic rings. The lowest BCUT2D eigenvalue weighted by Crippen LogP contribution is -2.43. The summed E-state index contributed by atoms with van der Waals surface area (Å²) in [5.41, 5.74) is -2.56. The Morgan fingerprint density at radius 3 is 2.52 bits per heavy atom. The van der Waals surface area contributed by atoms with Crippen LogP contribution in [0, 0.1) is 5.82 Å². The first-order chi connectivity index (χ1) is 14.8. The monoisotopic (exact) mass is 426 g/mol. The van der Waals surface area contributed by atoms with Gasteiger partial charge in [0, 0.05) is 23.3 Å². The number of nitrogens with one attached hydrogen (secondary N) is 1. The number of hydrogen-bond donors (Lipinski definition) is 2. The maximum atomic E-state index is 14.2. The molecular formula is C22H14F4N4O. The van der Waals surface area contributed by atoms with Gasteiger partial charge < -0.3 is 10.1 Å². The van der Waals surface area contributed by atoms with Gasteiger partial charge in [0.25, 0.3) is 0 Å². The van der Waals surface area contributed by atoms with E-state index in [0.29, 0.717) is 22.1 Å². The lowest BCUT2D eigenvalue weighted by molar-refractivity contribution is -0.247. The SMILES string of the molecule is OC(c1ccc2c(cnn2-c2ccc(F)cc2)c1)(c1c[nH]c2cccnc12)C(F)(F)F. The molecule has 3 aromatic heterocycles. The quantitative estimate of drug-likeness (QED) is 0.406. The van der Waals surface area contributed by atoms with Crippen molar-refractivity contribution in [1.82, 2.24) is 19.7 Å². The van der Waals surface area contributed by atoms with Crippen molar-refractivity contribution in [2.75, 3.05) is 0 Å². The summed E-state index contributed by atoms with van der Waals surface area (Å²) in [5, 5.41) is 15.6. The van der Waals surface area contributed by atoms with Crippen molar-refractivity contribution in [2.45, 2.75) is 11.8 Å². The molecule has 0 saturated carbocycles. The van der Waals surface area contributed by atoms with Crippen molar-refractivity contribution in [3.8, 4) is 5.69 Å². The smallest absolute Gasteiger partial charge is 0.372 e. The molecule has 5 nitrogen and oxygen atoms in total. The first kappa shape index (κ1) is 19.3. The number of H-pyrrole nitrogens is 1. The summed E-state index contributed by atoms with van der Waals surface area (Å²) in [6, 6.07) is 12.6. The number of hydrogen-bond acceptors (Lipinski definition) is 3. The lowest BCUT2D eigenvalue weighted by atomic mass is 9.86. The van der Waals surface area contributed by atoms with Crippen molar-refractivity contribution < 1.29 is 22.7 Å². The van der Waals surface area contributed by atoms with Crippen LogP contribution in [0.25, 0.3) is 27.6 Å². The number of halogens is 4. The van der Waals surface area contributed by atoms with E-state index in [2.05, 4.69) is 15.1 Å². The van der Waals surface area contributed by atoms with Gasteiger partial charge in [0.1, 0.15) is 5.82 Å². The number of fused-ring (bicyclic) bond motifs is 2. The Balaban J connectivity index is 1.69. The molecule has 2 aromatic carbocycles. The molecule has 31 heavy (non-hydrogen) atoms. The third-order valence-corrected chi connectivity index (χ3v) is 5.29. The van der Waals surface area contributed by atoms with Gasteiger partial charge >= 0.3 is 6.18 Å². The average Bonchev–Trinajstić information content (AvgIpc) is 3.37. The molecule has 0 spiro atoms. The van der Waals surface area contributed by atoms with E-state index < -0.39 is 17.6 Å². The Morgan fingerprint density at radius 2 is 1.77 bits per heavy atom. The highest BCUT2D eigenvalue weighted by Crippen LogP contribution is 2.46. The molecule has 0 saturated heterocycles. The van der Waals surface area contributed by atoms with Crippen molar-refractivity contribution >= 4 is 21.9 Å². The van der Waals surface area contributed by atoms with Crippen LogP contribution in [-0.4, -0.2) is 31.0 Å². The Hall–Kier alpha value is -3.72. The van der Waals surface area contributed by atoms with E-state index in [0.717, 1.165) is 6.20 Å². The minimum Gasteiger partial charge on any atom is -0.372 e. The van der Waals surface area contributed by atoms with Crippen molar-refractivity contribution in [3.63, 3.8) is 0 Å². The molecule has 0 amide bonds. The molecule has 0 aliphatic heterocycles. The van der Waals surface area contributed by atoms with Crippen LogP contribution >= 0.6 is 0 Å². The molecule has 0 bridgehead atoms. The number of rotatable bonds is 3. The maximum absolute atomic E-state index is 14.2. The summed E-state index contributed by atoms with van der Waals surface area (Å²) in [5.74, 6) is -0.412. The van der Waals surface area contributed by atoms with Crippen molar-refractivity contribution in [2.24, 2.45) is 0 Å². The van der Waals surface area contributed by atoms with Gasteiger partial charge in [0.15, 0.2) is 0 Å². The molecule has 9 heteroatoms. The molecule has 1 atom stereocenters. The summed E-state index contributed by atoms with van der Waals surface area (Å²) in [7, 11) is 0. The number of nitrogens with zero attached hydrogens (tertiary/aromatic N) is 3. The Morgan fingerprint density at radius 1 is 1.00 bits per heavy atom. The van der Waals surface area contributed by atoms with Gasteiger partial charge in [-0.3, -0.25) is 4.98 Å². The number of pyridine rings is 1. The topological polar surface area (TPSA) is 66.7 Å². The van der Waals surface area contributed by atoms with E-state index >= 15 is 0 Å². The number of alkyl halides is 3. The summed E-state index contributed by atoms with van der Waals surface area (Å²) in [6.07, 6.45) is -1.13. The van der Waals surface area contributed by atoms with Gasteiger partial charge in [-0.2, -0.15) is 18.3 Å². The molecule has 3 heterocycles. The lowest BCUT2D eigenvalue weighted by Gasteiger charge is -2.30. The van der Waals surface area contributed by atoms with Gasteiger partial charge in [-0.15, -0.1) is 0 Å². The molecule has 5 rings (SSSR count). The average molecular weight is 426 g/mol. The number of aromatic nitrogens is 4. The van der Waals surface area contributed by atoms with Gasteiger partial charge in [0.05, 0.1) is 28.4 Å². The van der Waals surface area contributed by atoms with Gasteiger partial charge in [-0.05, 0) is 54.1 Å². The van der Waals surface area contributed by atoms with Crippen LogP contribution in [0.3, 0.4) is 0 Å². The summed E-state index contributed by atoms with van der Waals surface area (Å²) in [4.78, 5) is 6.75. The molecule has 2 N–H and O–H groups in total. The molecule has 0 aliphatic rings. The summed E-state index contributed by atoms with van der Waals surface area (Å²) in [6.45, 7) is 0. The fraction of sp³-hybridized carbons (Fsp3) is 0.0909. The maximum Gasteiger partial charge on any atom is 0.425 e. The van der Waals surface area contributed by atoms with E-state index in [-0.39, 0.29) is 16.6 Å². The normalized spacial score (nSPS) is 14.2. The highest BCUT2D eigenvalue weighted by Gasteiger charge is 2.57. The van der Waals surface area contributed by atoms with Crippen LogP contribution in [0.15, 0.2) is 73.2 Å². The minimum atomic E-state index is -5.01. The zero-order chi connectivity index (χ0) is 21.8. The minimum absolute atomic E-state index is 0.0319. The predicted octanol–water partition coefficient (Wildman–Crippen LogP) is 4.84. The molecular weight excluding hydrogens is 412 g/mol. The van der Waals surface area contributed by atoms with Crippen molar-refractivity contribution in [1.29, 1.82) is 0 Å². The third-order valence-electron chi connectivity index (χ3n) is 5.29. The zero-order valence-electron chi connectivity index (χ0n) is 15.7. The van der Waals surface area contributed by atoms with Gasteiger partial charge in [0.2, 0.25) is 5.60 Å². The molecule has 0 aliphatic carbocycles. The Labute approximate surface area is 172 Å². The standard InChI is InChI=1S/C22H14F4N4O/c23-15-4-6-16(7-5-15)30-19-8-3-14(10-13(19)11-29-30)21(31,22(24,25)26)17-12-28-18-2-1-9-27-20(17)18/h1-12,28,31H. The molecule has 0 radical (unpaired) electrons. The van der Waals surface area contributed by atoms with Gasteiger partial charge in [-0.1, -0.05) is 6.07 Å². The van der Waals surface area contributed by atoms with Crippen LogP contribution in [0.1, 0.15) is 11.1 Å². The number of aliphatic hydroxyl groups is 1. The van der Waals surface area contributed by atoms with E-state index in [1.807, 2.05) is 0 Å². The summed E-state index contributed by atoms with van der Waals surface area (Å²) < 4.78 is 57.4. The number of benzene rings is 2. The zero-order valence-corrected chi connectivity index (χ0v) is 15.7. The van der Waals surface area contributed by atoms with E-state index in [4.69, 9.17) is 0 Å². The first-order valence-electron chi connectivity index (χ1n) is 9.25. The van der Waals surface area contributed by atoms with Gasteiger partial charge in [-0.25, -0.2) is 9.07 Å². The van der Waals surface area contributed by atoms with E-state index in [1.54, 1.807) is 12.1 Å². The molecule has 156 valence electrons. The van der Waals surface area contributed by atoms with E-state index in [9.17, 15) is 22.7 Å². The second kappa shape index (κ2) is 6.64. The largest absolute Gasteiger partial charge is 0.425 e. The first-order valence-corrected chi connectivity index (χ1v) is 9.25. The molecule has 0 fully saturated rings.